The van der Waals surface area contributed by atoms with Gasteiger partial charge in [-0.15, -0.1) is 0 Å². The van der Waals surface area contributed by atoms with Gasteiger partial charge < -0.3 is 15.2 Å². The molecule has 0 atom stereocenters. The summed E-state index contributed by atoms with van der Waals surface area (Å²) in [5, 5.41) is 0. The first kappa shape index (κ1) is 11.1. The molecule has 0 aliphatic heterocycles. The Bertz CT molecular complexity index is 348. The van der Waals surface area contributed by atoms with Crippen molar-refractivity contribution in [2.45, 2.75) is 38.7 Å². The molecule has 16 heavy (non-hydrogen) atoms. The van der Waals surface area contributed by atoms with Crippen LogP contribution < -0.4 is 15.2 Å². The number of ether oxygens (including phenoxy) is 2. The summed E-state index contributed by atoms with van der Waals surface area (Å²) in [7, 11) is 0. The van der Waals surface area contributed by atoms with E-state index in [0.717, 1.165) is 30.8 Å². The van der Waals surface area contributed by atoms with Crippen LogP contribution in [0.4, 0.5) is 5.69 Å². The summed E-state index contributed by atoms with van der Waals surface area (Å²) in [4.78, 5) is 0. The molecule has 0 unspecified atom stereocenters. The number of nitrogen functional groups attached to an aromatic ring is 1. The van der Waals surface area contributed by atoms with Crippen molar-refractivity contribution >= 4 is 5.69 Å². The normalized spacial score (nSPS) is 15.6. The fourth-order valence-electron chi connectivity index (χ4n) is 1.65. The maximum Gasteiger partial charge on any atom is 0.125 e. The Morgan fingerprint density at radius 2 is 2.00 bits per heavy atom. The van der Waals surface area contributed by atoms with Gasteiger partial charge in [0.25, 0.3) is 0 Å². The number of benzene rings is 1. The van der Waals surface area contributed by atoms with E-state index < -0.39 is 0 Å². The lowest BCUT2D eigenvalue weighted by molar-refractivity contribution is 0.120. The molecule has 0 amide bonds. The zero-order valence-electron chi connectivity index (χ0n) is 9.74. The number of hydrogen-bond donors (Lipinski definition) is 1. The molecule has 88 valence electrons. The van der Waals surface area contributed by atoms with Gasteiger partial charge in [-0.3, -0.25) is 0 Å². The van der Waals surface area contributed by atoms with Crippen LogP contribution in [-0.2, 0) is 0 Å². The Morgan fingerprint density at radius 1 is 1.25 bits per heavy atom. The molecule has 1 aliphatic carbocycles. The molecule has 1 saturated carbocycles. The molecule has 1 aliphatic rings. The lowest BCUT2D eigenvalue weighted by Gasteiger charge is -2.26. The second-order valence-electron chi connectivity index (χ2n) is 4.26. The number of anilines is 1. The first-order chi connectivity index (χ1) is 7.78. The molecule has 1 aromatic carbocycles. The van der Waals surface area contributed by atoms with Crippen LogP contribution in [0.3, 0.4) is 0 Å². The third-order valence-electron chi connectivity index (χ3n) is 2.73. The molecule has 2 rings (SSSR count). The molecule has 2 N–H and O–H groups in total. The molecule has 0 heterocycles. The first-order valence-corrected chi connectivity index (χ1v) is 5.98. The third-order valence-corrected chi connectivity index (χ3v) is 2.73. The molecule has 1 aromatic rings. The molecule has 1 fully saturated rings. The fourth-order valence-corrected chi connectivity index (χ4v) is 1.65. The minimum Gasteiger partial charge on any atom is -0.493 e. The van der Waals surface area contributed by atoms with E-state index in [0.29, 0.717) is 18.4 Å². The van der Waals surface area contributed by atoms with Crippen LogP contribution in [0.15, 0.2) is 18.2 Å². The Morgan fingerprint density at radius 3 is 2.62 bits per heavy atom. The van der Waals surface area contributed by atoms with Gasteiger partial charge in [-0.05, 0) is 25.7 Å². The summed E-state index contributed by atoms with van der Waals surface area (Å²) in [6.45, 7) is 2.80. The van der Waals surface area contributed by atoms with Crippen LogP contribution in [0, 0.1) is 0 Å². The lowest BCUT2D eigenvalue weighted by atomic mass is 9.96. The van der Waals surface area contributed by atoms with Crippen LogP contribution in [-0.4, -0.2) is 12.7 Å². The Balaban J connectivity index is 2.02. The molecule has 0 bridgehead atoms. The number of hydrogen-bond acceptors (Lipinski definition) is 3. The molecule has 3 heteroatoms. The summed E-state index contributed by atoms with van der Waals surface area (Å²) < 4.78 is 11.3. The lowest BCUT2D eigenvalue weighted by Crippen LogP contribution is -2.24. The Hall–Kier alpha value is -1.38. The second-order valence-corrected chi connectivity index (χ2v) is 4.26. The molecular formula is C13H19NO2. The van der Waals surface area contributed by atoms with E-state index >= 15 is 0 Å². The standard InChI is InChI=1S/C13H19NO2/c1-2-6-15-12-7-10(14)8-13(9-12)16-11-4-3-5-11/h7-9,11H,2-6,14H2,1H3. The van der Waals surface area contributed by atoms with Gasteiger partial charge in [-0.1, -0.05) is 6.92 Å². The summed E-state index contributed by atoms with van der Waals surface area (Å²) in [5.74, 6) is 1.63. The van der Waals surface area contributed by atoms with Crippen molar-refractivity contribution in [3.63, 3.8) is 0 Å². The highest BCUT2D eigenvalue weighted by molar-refractivity contribution is 5.50. The number of nitrogens with two attached hydrogens (primary N) is 1. The highest BCUT2D eigenvalue weighted by Gasteiger charge is 2.19. The predicted octanol–water partition coefficient (Wildman–Crippen LogP) is 2.99. The topological polar surface area (TPSA) is 44.5 Å². The monoisotopic (exact) mass is 221 g/mol. The van der Waals surface area contributed by atoms with E-state index in [2.05, 4.69) is 6.92 Å². The molecule has 0 spiro atoms. The average Bonchev–Trinajstić information content (AvgIpc) is 2.20. The zero-order valence-corrected chi connectivity index (χ0v) is 9.74. The average molecular weight is 221 g/mol. The van der Waals surface area contributed by atoms with Gasteiger partial charge in [-0.25, -0.2) is 0 Å². The van der Waals surface area contributed by atoms with Crippen molar-refractivity contribution in [2.75, 3.05) is 12.3 Å². The fraction of sp³-hybridized carbons (Fsp3) is 0.538. The van der Waals surface area contributed by atoms with Gasteiger partial charge in [-0.2, -0.15) is 0 Å². The molecule has 0 aromatic heterocycles. The van der Waals surface area contributed by atoms with Gasteiger partial charge >= 0.3 is 0 Å². The first-order valence-electron chi connectivity index (χ1n) is 5.98. The summed E-state index contributed by atoms with van der Waals surface area (Å²) in [6, 6.07) is 5.62. The minimum atomic E-state index is 0.376. The van der Waals surface area contributed by atoms with Crippen molar-refractivity contribution in [3.8, 4) is 11.5 Å². The molecule has 0 radical (unpaired) electrons. The molecular weight excluding hydrogens is 202 g/mol. The van der Waals surface area contributed by atoms with Crippen LogP contribution in [0.2, 0.25) is 0 Å². The van der Waals surface area contributed by atoms with Gasteiger partial charge in [0.2, 0.25) is 0 Å². The predicted molar refractivity (Wildman–Crippen MR) is 64.9 cm³/mol. The Labute approximate surface area is 96.5 Å². The Kier molecular flexibility index (Phi) is 3.54. The SMILES string of the molecule is CCCOc1cc(N)cc(OC2CCC2)c1. The summed E-state index contributed by atoms with van der Waals surface area (Å²) in [6.07, 6.45) is 4.94. The van der Waals surface area contributed by atoms with E-state index in [9.17, 15) is 0 Å². The van der Waals surface area contributed by atoms with E-state index in [4.69, 9.17) is 15.2 Å². The quantitative estimate of drug-likeness (QED) is 0.777. The zero-order chi connectivity index (χ0) is 11.4. The van der Waals surface area contributed by atoms with Crippen LogP contribution in [0.5, 0.6) is 11.5 Å². The second kappa shape index (κ2) is 5.10. The third kappa shape index (κ3) is 2.81. The van der Waals surface area contributed by atoms with Gasteiger partial charge in [0, 0.05) is 23.9 Å². The highest BCUT2D eigenvalue weighted by atomic mass is 16.5. The summed E-state index contributed by atoms with van der Waals surface area (Å²) >= 11 is 0. The number of rotatable bonds is 5. The van der Waals surface area contributed by atoms with Crippen LogP contribution in [0.1, 0.15) is 32.6 Å². The molecule has 0 saturated heterocycles. The van der Waals surface area contributed by atoms with E-state index in [-0.39, 0.29) is 0 Å². The summed E-state index contributed by atoms with van der Waals surface area (Å²) in [5.41, 5.74) is 6.50. The molecule has 3 nitrogen and oxygen atoms in total. The maximum absolute atomic E-state index is 5.81. The van der Waals surface area contributed by atoms with Gasteiger partial charge in [0.1, 0.15) is 11.5 Å². The van der Waals surface area contributed by atoms with Crippen molar-refractivity contribution in [1.82, 2.24) is 0 Å². The van der Waals surface area contributed by atoms with Crippen molar-refractivity contribution in [2.24, 2.45) is 0 Å². The largest absolute Gasteiger partial charge is 0.493 e. The van der Waals surface area contributed by atoms with Crippen molar-refractivity contribution in [1.29, 1.82) is 0 Å². The maximum atomic E-state index is 5.81. The van der Waals surface area contributed by atoms with Crippen molar-refractivity contribution in [3.05, 3.63) is 18.2 Å². The van der Waals surface area contributed by atoms with E-state index in [1.165, 1.54) is 6.42 Å². The smallest absolute Gasteiger partial charge is 0.125 e. The highest BCUT2D eigenvalue weighted by Crippen LogP contribution is 2.29. The van der Waals surface area contributed by atoms with Crippen molar-refractivity contribution < 1.29 is 9.47 Å². The van der Waals surface area contributed by atoms with Crippen LogP contribution >= 0.6 is 0 Å². The van der Waals surface area contributed by atoms with Gasteiger partial charge in [0.05, 0.1) is 12.7 Å². The minimum absolute atomic E-state index is 0.376. The van der Waals surface area contributed by atoms with Gasteiger partial charge in [0.15, 0.2) is 0 Å². The van der Waals surface area contributed by atoms with E-state index in [1.807, 2.05) is 18.2 Å². The van der Waals surface area contributed by atoms with Crippen LogP contribution in [0.25, 0.3) is 0 Å². The van der Waals surface area contributed by atoms with E-state index in [1.54, 1.807) is 0 Å².